The van der Waals surface area contributed by atoms with Crippen molar-refractivity contribution in [2.75, 3.05) is 0 Å². The summed E-state index contributed by atoms with van der Waals surface area (Å²) in [7, 11) is 0. The molecule has 6 atom stereocenters. The van der Waals surface area contributed by atoms with Gasteiger partial charge < -0.3 is 31.9 Å². The summed E-state index contributed by atoms with van der Waals surface area (Å²) in [5.74, 6) is -3.36. The van der Waals surface area contributed by atoms with Crippen molar-refractivity contribution in [3.05, 3.63) is 35.9 Å². The molecule has 1 rings (SSSR count). The molecule has 0 fully saturated rings. The Balaban J connectivity index is 2.98. The quantitative estimate of drug-likeness (QED) is 0.220. The van der Waals surface area contributed by atoms with Crippen LogP contribution in [-0.4, -0.2) is 64.2 Å². The van der Waals surface area contributed by atoms with Gasteiger partial charge >= 0.3 is 5.97 Å². The van der Waals surface area contributed by atoms with Gasteiger partial charge in [0.05, 0.1) is 12.1 Å². The standard InChI is InChI=1S/C25H40N4O6/c1-6-15(4)20(26)23(32)29-21(16(5)30)24(33)27-18(12-14(2)3)22(31)28-19(25(34)35)13-17-10-8-7-9-11-17/h7-11,14-16,18-21,30H,6,12-13,26H2,1-5H3,(H,27,33)(H,28,31)(H,29,32)(H,34,35). The van der Waals surface area contributed by atoms with Crippen molar-refractivity contribution >= 4 is 23.7 Å². The molecule has 1 aromatic carbocycles. The maximum absolute atomic E-state index is 13.0. The van der Waals surface area contributed by atoms with Crippen LogP contribution in [0.4, 0.5) is 0 Å². The largest absolute Gasteiger partial charge is 0.480 e. The maximum Gasteiger partial charge on any atom is 0.326 e. The number of hydrogen-bond acceptors (Lipinski definition) is 6. The van der Waals surface area contributed by atoms with Crippen molar-refractivity contribution in [3.63, 3.8) is 0 Å². The molecule has 0 heterocycles. The van der Waals surface area contributed by atoms with E-state index in [-0.39, 0.29) is 24.7 Å². The Morgan fingerprint density at radius 1 is 0.886 bits per heavy atom. The number of aliphatic hydroxyl groups excluding tert-OH is 1. The van der Waals surface area contributed by atoms with E-state index in [9.17, 15) is 29.4 Å². The molecule has 0 saturated carbocycles. The van der Waals surface area contributed by atoms with Crippen LogP contribution in [0, 0.1) is 11.8 Å². The highest BCUT2D eigenvalue weighted by Gasteiger charge is 2.33. The van der Waals surface area contributed by atoms with Crippen molar-refractivity contribution < 1.29 is 29.4 Å². The van der Waals surface area contributed by atoms with Gasteiger partial charge in [0, 0.05) is 6.42 Å². The van der Waals surface area contributed by atoms with Crippen molar-refractivity contribution in [3.8, 4) is 0 Å². The third kappa shape index (κ3) is 10.0. The van der Waals surface area contributed by atoms with Crippen LogP contribution in [-0.2, 0) is 25.6 Å². The summed E-state index contributed by atoms with van der Waals surface area (Å²) < 4.78 is 0. The first kappa shape index (κ1) is 30.1. The molecule has 3 amide bonds. The van der Waals surface area contributed by atoms with Crippen molar-refractivity contribution in [2.45, 2.75) is 84.2 Å². The van der Waals surface area contributed by atoms with E-state index < -0.39 is 54.0 Å². The number of amides is 3. The van der Waals surface area contributed by atoms with Gasteiger partial charge in [-0.3, -0.25) is 14.4 Å². The Kier molecular flexibility index (Phi) is 12.4. The fraction of sp³-hybridized carbons (Fsp3) is 0.600. The molecule has 7 N–H and O–H groups in total. The van der Waals surface area contributed by atoms with E-state index in [1.165, 1.54) is 6.92 Å². The number of carboxylic acids is 1. The SMILES string of the molecule is CCC(C)C(N)C(=O)NC(C(=O)NC(CC(C)C)C(=O)NC(Cc1ccccc1)C(=O)O)C(C)O. The second kappa shape index (κ2) is 14.4. The summed E-state index contributed by atoms with van der Waals surface area (Å²) in [6.45, 7) is 8.73. The average molecular weight is 493 g/mol. The monoisotopic (exact) mass is 492 g/mol. The lowest BCUT2D eigenvalue weighted by molar-refractivity contribution is -0.142. The minimum Gasteiger partial charge on any atom is -0.480 e. The highest BCUT2D eigenvalue weighted by molar-refractivity contribution is 5.94. The minimum atomic E-state index is -1.33. The van der Waals surface area contributed by atoms with Gasteiger partial charge in [-0.1, -0.05) is 64.4 Å². The lowest BCUT2D eigenvalue weighted by Crippen LogP contribution is -2.60. The molecular formula is C25H40N4O6. The topological polar surface area (TPSA) is 171 Å². The Morgan fingerprint density at radius 3 is 1.94 bits per heavy atom. The predicted octanol–water partition coefficient (Wildman–Crippen LogP) is 0.568. The molecule has 0 aliphatic carbocycles. The number of rotatable bonds is 14. The smallest absolute Gasteiger partial charge is 0.326 e. The van der Waals surface area contributed by atoms with Crippen LogP contribution in [0.2, 0.25) is 0 Å². The normalized spacial score (nSPS) is 16.3. The molecule has 0 radical (unpaired) electrons. The molecule has 0 aliphatic heterocycles. The molecule has 35 heavy (non-hydrogen) atoms. The van der Waals surface area contributed by atoms with Gasteiger partial charge in [0.1, 0.15) is 18.1 Å². The summed E-state index contributed by atoms with van der Waals surface area (Å²) >= 11 is 0. The zero-order valence-electron chi connectivity index (χ0n) is 21.2. The summed E-state index contributed by atoms with van der Waals surface area (Å²) in [5.41, 5.74) is 6.67. The van der Waals surface area contributed by atoms with Crippen LogP contribution in [0.3, 0.4) is 0 Å². The lowest BCUT2D eigenvalue weighted by atomic mass is 9.98. The van der Waals surface area contributed by atoms with E-state index in [0.717, 1.165) is 5.56 Å². The molecule has 0 saturated heterocycles. The number of benzene rings is 1. The number of aliphatic carboxylic acids is 1. The molecule has 0 spiro atoms. The number of hydrogen-bond donors (Lipinski definition) is 6. The number of carbonyl (C=O) groups is 4. The van der Waals surface area contributed by atoms with E-state index in [0.29, 0.717) is 6.42 Å². The number of carbonyl (C=O) groups excluding carboxylic acids is 3. The zero-order chi connectivity index (χ0) is 26.7. The highest BCUT2D eigenvalue weighted by Crippen LogP contribution is 2.10. The summed E-state index contributed by atoms with van der Waals surface area (Å²) in [6, 6.07) is 4.41. The van der Waals surface area contributed by atoms with Gasteiger partial charge in [-0.05, 0) is 30.7 Å². The van der Waals surface area contributed by atoms with E-state index in [1.54, 1.807) is 37.3 Å². The molecule has 196 valence electrons. The number of nitrogens with one attached hydrogen (secondary N) is 3. The van der Waals surface area contributed by atoms with Crippen LogP contribution < -0.4 is 21.7 Å². The second-order valence-corrected chi connectivity index (χ2v) is 9.42. The van der Waals surface area contributed by atoms with Gasteiger partial charge in [0.25, 0.3) is 0 Å². The van der Waals surface area contributed by atoms with Gasteiger partial charge in [0.2, 0.25) is 17.7 Å². The predicted molar refractivity (Wildman–Crippen MR) is 132 cm³/mol. The van der Waals surface area contributed by atoms with E-state index >= 15 is 0 Å². The molecule has 10 heteroatoms. The fourth-order valence-corrected chi connectivity index (χ4v) is 3.45. The third-order valence-corrected chi connectivity index (χ3v) is 5.86. The maximum atomic E-state index is 13.0. The number of nitrogens with two attached hydrogens (primary N) is 1. The molecule has 0 bridgehead atoms. The van der Waals surface area contributed by atoms with E-state index in [1.807, 2.05) is 20.8 Å². The van der Waals surface area contributed by atoms with Crippen LogP contribution in [0.15, 0.2) is 30.3 Å². The summed E-state index contributed by atoms with van der Waals surface area (Å²) in [4.78, 5) is 50.2. The molecule has 10 nitrogen and oxygen atoms in total. The van der Waals surface area contributed by atoms with Crippen molar-refractivity contribution in [2.24, 2.45) is 17.6 Å². The minimum absolute atomic E-state index is 0.0122. The fourth-order valence-electron chi connectivity index (χ4n) is 3.45. The Bertz CT molecular complexity index is 846. The van der Waals surface area contributed by atoms with Gasteiger partial charge in [-0.15, -0.1) is 0 Å². The first-order valence-electron chi connectivity index (χ1n) is 12.0. The van der Waals surface area contributed by atoms with Crippen LogP contribution >= 0.6 is 0 Å². The zero-order valence-corrected chi connectivity index (χ0v) is 21.2. The lowest BCUT2D eigenvalue weighted by Gasteiger charge is -2.28. The Hall–Kier alpha value is -2.98. The van der Waals surface area contributed by atoms with Crippen LogP contribution in [0.5, 0.6) is 0 Å². The second-order valence-electron chi connectivity index (χ2n) is 9.42. The van der Waals surface area contributed by atoms with Gasteiger partial charge in [-0.25, -0.2) is 4.79 Å². The summed E-state index contributed by atoms with van der Waals surface area (Å²) in [5, 5.41) is 27.3. The van der Waals surface area contributed by atoms with Crippen LogP contribution in [0.1, 0.15) is 53.0 Å². The van der Waals surface area contributed by atoms with Gasteiger partial charge in [-0.2, -0.15) is 0 Å². The highest BCUT2D eigenvalue weighted by atomic mass is 16.4. The number of aliphatic hydroxyl groups is 1. The van der Waals surface area contributed by atoms with Gasteiger partial charge in [0.15, 0.2) is 0 Å². The summed E-state index contributed by atoms with van der Waals surface area (Å²) in [6.07, 6.45) is -0.299. The molecule has 1 aromatic rings. The van der Waals surface area contributed by atoms with E-state index in [4.69, 9.17) is 5.73 Å². The Morgan fingerprint density at radius 2 is 1.46 bits per heavy atom. The molecule has 0 aliphatic rings. The molecule has 0 aromatic heterocycles. The van der Waals surface area contributed by atoms with E-state index in [2.05, 4.69) is 16.0 Å². The molecular weight excluding hydrogens is 452 g/mol. The average Bonchev–Trinajstić information content (AvgIpc) is 2.80. The third-order valence-electron chi connectivity index (χ3n) is 5.86. The first-order valence-corrected chi connectivity index (χ1v) is 12.0. The first-order chi connectivity index (χ1) is 16.4. The van der Waals surface area contributed by atoms with Crippen molar-refractivity contribution in [1.82, 2.24) is 16.0 Å². The van der Waals surface area contributed by atoms with Crippen molar-refractivity contribution in [1.29, 1.82) is 0 Å². The number of carboxylic acid groups (broad SMARTS) is 1. The Labute approximate surface area is 207 Å². The van der Waals surface area contributed by atoms with Crippen LogP contribution in [0.25, 0.3) is 0 Å². The molecule has 6 unspecified atom stereocenters.